The van der Waals surface area contributed by atoms with Crippen molar-refractivity contribution in [3.05, 3.63) is 117 Å². The number of carbonyl (C=O) groups is 1. The first kappa shape index (κ1) is 23.6. The third-order valence-corrected chi connectivity index (χ3v) is 8.66. The third-order valence-electron chi connectivity index (χ3n) is 6.54. The Kier molecular flexibility index (Phi) is 6.14. The lowest BCUT2D eigenvalue weighted by molar-refractivity contribution is 0.0970. The van der Waals surface area contributed by atoms with Crippen LogP contribution in [0.2, 0.25) is 0 Å². The lowest BCUT2D eigenvalue weighted by Gasteiger charge is -2.22. The van der Waals surface area contributed by atoms with Gasteiger partial charge in [0.15, 0.2) is 9.77 Å². The molecule has 1 amide bonds. The Hall–Kier alpha value is -3.75. The van der Waals surface area contributed by atoms with Crippen molar-refractivity contribution in [1.29, 1.82) is 0 Å². The van der Waals surface area contributed by atoms with Gasteiger partial charge in [-0.1, -0.05) is 96.2 Å². The molecule has 6 rings (SSSR count). The second kappa shape index (κ2) is 9.61. The zero-order valence-electron chi connectivity index (χ0n) is 20.3. The van der Waals surface area contributed by atoms with E-state index in [1.165, 1.54) is 22.5 Å². The normalized spacial score (nSPS) is 14.9. The van der Waals surface area contributed by atoms with E-state index in [0.29, 0.717) is 21.7 Å². The van der Waals surface area contributed by atoms with Crippen LogP contribution < -0.4 is 10.3 Å². The molecular formula is C29H23N3O3S2. The average Bonchev–Trinajstić information content (AvgIpc) is 3.51. The first-order valence-corrected chi connectivity index (χ1v) is 13.8. The van der Waals surface area contributed by atoms with E-state index in [2.05, 4.69) is 29.3 Å². The molecule has 5 aromatic rings. The Balaban J connectivity index is 1.45. The summed E-state index contributed by atoms with van der Waals surface area (Å²) in [6.45, 7) is 4.02. The van der Waals surface area contributed by atoms with Crippen LogP contribution >= 0.6 is 23.1 Å². The minimum atomic E-state index is -0.644. The molecule has 0 spiro atoms. The summed E-state index contributed by atoms with van der Waals surface area (Å²) in [6, 6.07) is 22.9. The maximum Gasteiger partial charge on any atom is 0.297 e. The van der Waals surface area contributed by atoms with Crippen LogP contribution in [-0.4, -0.2) is 16.1 Å². The van der Waals surface area contributed by atoms with Crippen LogP contribution in [0.3, 0.4) is 0 Å². The smallest absolute Gasteiger partial charge is 0.297 e. The molecule has 37 heavy (non-hydrogen) atoms. The van der Waals surface area contributed by atoms with E-state index in [4.69, 9.17) is 4.42 Å². The lowest BCUT2D eigenvalue weighted by Crippen LogP contribution is -2.29. The number of anilines is 1. The first-order valence-electron chi connectivity index (χ1n) is 12.0. The number of nitrogens with zero attached hydrogens (tertiary/aromatic N) is 3. The van der Waals surface area contributed by atoms with Gasteiger partial charge in [0.05, 0.1) is 17.0 Å². The number of amides is 1. The van der Waals surface area contributed by atoms with Crippen molar-refractivity contribution in [3.63, 3.8) is 0 Å². The Labute approximate surface area is 222 Å². The molecule has 0 N–H and O–H groups in total. The number of benzene rings is 3. The second-order valence-corrected chi connectivity index (χ2v) is 11.1. The predicted molar refractivity (Wildman–Crippen MR) is 148 cm³/mol. The van der Waals surface area contributed by atoms with E-state index in [1.807, 2.05) is 61.5 Å². The molecule has 0 radical (unpaired) electrons. The number of carbonyl (C=O) groups excluding carboxylic acids is 1. The largest absolute Gasteiger partial charge is 0.450 e. The molecule has 0 saturated carbocycles. The van der Waals surface area contributed by atoms with Crippen molar-refractivity contribution in [2.75, 3.05) is 4.90 Å². The quantitative estimate of drug-likeness (QED) is 0.185. The summed E-state index contributed by atoms with van der Waals surface area (Å²) in [6.07, 6.45) is 0.897. The topological polar surface area (TPSA) is 76.3 Å². The highest BCUT2D eigenvalue weighted by Gasteiger charge is 2.45. The number of aromatic nitrogens is 2. The summed E-state index contributed by atoms with van der Waals surface area (Å²) in [5.41, 5.74) is 4.70. The van der Waals surface area contributed by atoms with Crippen molar-refractivity contribution in [2.24, 2.45) is 0 Å². The van der Waals surface area contributed by atoms with Crippen LogP contribution in [0.4, 0.5) is 5.13 Å². The van der Waals surface area contributed by atoms with E-state index >= 15 is 0 Å². The van der Waals surface area contributed by atoms with Crippen LogP contribution in [0.25, 0.3) is 11.0 Å². The fraction of sp³-hybridized carbons (Fsp3) is 0.172. The van der Waals surface area contributed by atoms with Crippen LogP contribution in [0.5, 0.6) is 0 Å². The zero-order valence-corrected chi connectivity index (χ0v) is 21.9. The van der Waals surface area contributed by atoms with E-state index in [1.54, 1.807) is 22.7 Å². The summed E-state index contributed by atoms with van der Waals surface area (Å²) >= 11 is 2.91. The van der Waals surface area contributed by atoms with Gasteiger partial charge < -0.3 is 4.42 Å². The monoisotopic (exact) mass is 525 g/mol. The number of aryl methyl sites for hydroxylation is 2. The SMILES string of the molecule is CCc1ccc(C2c3c(oc4ccc(C)cc4c3=O)C(=O)N2c2nnc(SCc3ccccc3)s2)cc1. The number of thioether (sulfide) groups is 1. The van der Waals surface area contributed by atoms with Crippen molar-refractivity contribution in [2.45, 2.75) is 36.4 Å². The van der Waals surface area contributed by atoms with E-state index in [0.717, 1.165) is 27.6 Å². The maximum absolute atomic E-state index is 13.8. The molecule has 0 saturated heterocycles. The summed E-state index contributed by atoms with van der Waals surface area (Å²) in [5.74, 6) is 0.436. The van der Waals surface area contributed by atoms with Crippen LogP contribution in [0, 0.1) is 6.92 Å². The van der Waals surface area contributed by atoms with Gasteiger partial charge in [-0.2, -0.15) is 0 Å². The van der Waals surface area contributed by atoms with Gasteiger partial charge in [-0.3, -0.25) is 14.5 Å². The minimum Gasteiger partial charge on any atom is -0.450 e. The Morgan fingerprint density at radius 3 is 2.51 bits per heavy atom. The molecule has 0 aliphatic carbocycles. The van der Waals surface area contributed by atoms with Crippen molar-refractivity contribution >= 4 is 45.1 Å². The number of fused-ring (bicyclic) bond motifs is 2. The fourth-order valence-electron chi connectivity index (χ4n) is 4.61. The van der Waals surface area contributed by atoms with Gasteiger partial charge in [-0.15, -0.1) is 10.2 Å². The highest BCUT2D eigenvalue weighted by molar-refractivity contribution is 8.00. The molecular weight excluding hydrogens is 502 g/mol. The summed E-state index contributed by atoms with van der Waals surface area (Å²) in [7, 11) is 0. The second-order valence-electron chi connectivity index (χ2n) is 8.97. The molecule has 8 heteroatoms. The molecule has 1 aliphatic rings. The van der Waals surface area contributed by atoms with Gasteiger partial charge in [0.1, 0.15) is 5.58 Å². The average molecular weight is 526 g/mol. The van der Waals surface area contributed by atoms with Gasteiger partial charge in [-0.05, 0) is 42.2 Å². The zero-order chi connectivity index (χ0) is 25.5. The molecule has 1 unspecified atom stereocenters. The fourth-order valence-corrected chi connectivity index (χ4v) is 6.44. The number of hydrogen-bond donors (Lipinski definition) is 0. The molecule has 3 heterocycles. The Morgan fingerprint density at radius 2 is 1.76 bits per heavy atom. The maximum atomic E-state index is 13.8. The van der Waals surface area contributed by atoms with Crippen molar-refractivity contribution in [1.82, 2.24) is 10.2 Å². The van der Waals surface area contributed by atoms with E-state index < -0.39 is 6.04 Å². The van der Waals surface area contributed by atoms with Gasteiger partial charge in [-0.25, -0.2) is 0 Å². The minimum absolute atomic E-state index is 0.0691. The van der Waals surface area contributed by atoms with Gasteiger partial charge in [0.25, 0.3) is 5.91 Å². The van der Waals surface area contributed by atoms with Gasteiger partial charge in [0.2, 0.25) is 10.9 Å². The molecule has 6 nitrogen and oxygen atoms in total. The number of rotatable bonds is 6. The van der Waals surface area contributed by atoms with Crippen molar-refractivity contribution in [3.8, 4) is 0 Å². The standard InChI is InChI=1S/C29H23N3O3S2/c1-3-18-10-12-20(13-11-18)24-23-25(33)21-15-17(2)9-14-22(21)35-26(23)27(34)32(24)28-30-31-29(37-28)36-16-19-7-5-4-6-8-19/h4-15,24H,3,16H2,1-2H3. The molecule has 3 aromatic carbocycles. The van der Waals surface area contributed by atoms with Crippen LogP contribution in [0.15, 0.2) is 86.3 Å². The molecule has 1 atom stereocenters. The first-order chi connectivity index (χ1) is 18.0. The summed E-state index contributed by atoms with van der Waals surface area (Å²) in [4.78, 5) is 29.1. The van der Waals surface area contributed by atoms with Gasteiger partial charge >= 0.3 is 0 Å². The van der Waals surface area contributed by atoms with Crippen LogP contribution in [-0.2, 0) is 12.2 Å². The lowest BCUT2D eigenvalue weighted by atomic mass is 9.97. The molecule has 0 fully saturated rings. The van der Waals surface area contributed by atoms with E-state index in [-0.39, 0.29) is 17.1 Å². The Morgan fingerprint density at radius 1 is 0.973 bits per heavy atom. The van der Waals surface area contributed by atoms with E-state index in [9.17, 15) is 9.59 Å². The van der Waals surface area contributed by atoms with Gasteiger partial charge in [0, 0.05) is 5.75 Å². The highest BCUT2D eigenvalue weighted by Crippen LogP contribution is 2.43. The molecule has 0 bridgehead atoms. The predicted octanol–water partition coefficient (Wildman–Crippen LogP) is 6.56. The molecule has 1 aliphatic heterocycles. The third kappa shape index (κ3) is 4.26. The van der Waals surface area contributed by atoms with Crippen molar-refractivity contribution < 1.29 is 9.21 Å². The van der Waals surface area contributed by atoms with Crippen LogP contribution in [0.1, 0.15) is 51.3 Å². The molecule has 184 valence electrons. The molecule has 2 aromatic heterocycles. The summed E-state index contributed by atoms with van der Waals surface area (Å²) in [5, 5.41) is 9.64. The summed E-state index contributed by atoms with van der Waals surface area (Å²) < 4.78 is 6.83. The number of hydrogen-bond acceptors (Lipinski definition) is 7. The highest BCUT2D eigenvalue weighted by atomic mass is 32.2. The Bertz CT molecular complexity index is 1680.